The lowest BCUT2D eigenvalue weighted by molar-refractivity contribution is -0.133. The first-order valence-electron chi connectivity index (χ1n) is 7.79. The van der Waals surface area contributed by atoms with Crippen molar-refractivity contribution in [2.45, 2.75) is 45.3 Å². The van der Waals surface area contributed by atoms with Gasteiger partial charge in [-0.05, 0) is 49.3 Å². The molecule has 1 aromatic carbocycles. The van der Waals surface area contributed by atoms with E-state index in [9.17, 15) is 9.18 Å². The van der Waals surface area contributed by atoms with E-state index in [1.165, 1.54) is 18.6 Å². The van der Waals surface area contributed by atoms with Crippen molar-refractivity contribution in [2.24, 2.45) is 11.8 Å². The normalized spacial score (nSPS) is 35.3. The third-order valence-corrected chi connectivity index (χ3v) is 5.10. The number of carbonyl (C=O) groups excluding carboxylic acids is 1. The van der Waals surface area contributed by atoms with Gasteiger partial charge in [0.1, 0.15) is 12.0 Å². The highest BCUT2D eigenvalue weighted by Gasteiger charge is 2.49. The van der Waals surface area contributed by atoms with Crippen LogP contribution in [0, 0.1) is 17.7 Å². The maximum atomic E-state index is 13.1. The lowest BCUT2D eigenvalue weighted by Crippen LogP contribution is -2.43. The Kier molecular flexibility index (Phi) is 3.52. The Hall–Kier alpha value is -1.42. The first kappa shape index (κ1) is 14.5. The van der Waals surface area contributed by atoms with Crippen LogP contribution < -0.4 is 5.32 Å². The van der Waals surface area contributed by atoms with Crippen LogP contribution in [-0.2, 0) is 4.79 Å². The van der Waals surface area contributed by atoms with E-state index in [0.29, 0.717) is 11.8 Å². The molecule has 1 saturated heterocycles. The van der Waals surface area contributed by atoms with E-state index >= 15 is 0 Å². The van der Waals surface area contributed by atoms with Crippen LogP contribution in [0.25, 0.3) is 0 Å². The van der Waals surface area contributed by atoms with Gasteiger partial charge >= 0.3 is 0 Å². The standard InChI is InChI=1S/C17H23FN2O/c1-4-17(3)16(21)20(10-13-9-11(13)2)15(19-17)12-5-7-14(18)8-6-12/h5-8,11,13,15,19H,4,9-10H2,1-3H3. The fourth-order valence-electron chi connectivity index (χ4n) is 3.13. The fraction of sp³-hybridized carbons (Fsp3) is 0.588. The molecule has 3 nitrogen and oxygen atoms in total. The molecule has 0 bridgehead atoms. The maximum Gasteiger partial charge on any atom is 0.244 e. The molecule has 4 unspecified atom stereocenters. The number of nitrogens with zero attached hydrogens (tertiary/aromatic N) is 1. The van der Waals surface area contributed by atoms with Gasteiger partial charge in [-0.25, -0.2) is 4.39 Å². The van der Waals surface area contributed by atoms with Gasteiger partial charge in [0.15, 0.2) is 0 Å². The number of halogens is 1. The second kappa shape index (κ2) is 5.09. The Morgan fingerprint density at radius 3 is 2.52 bits per heavy atom. The Balaban J connectivity index is 1.88. The summed E-state index contributed by atoms with van der Waals surface area (Å²) >= 11 is 0. The van der Waals surface area contributed by atoms with Crippen LogP contribution in [0.5, 0.6) is 0 Å². The van der Waals surface area contributed by atoms with Crippen LogP contribution in [0.2, 0.25) is 0 Å². The predicted octanol–water partition coefficient (Wildman–Crippen LogP) is 3.08. The molecule has 2 aliphatic rings. The Morgan fingerprint density at radius 1 is 1.38 bits per heavy atom. The maximum absolute atomic E-state index is 13.1. The summed E-state index contributed by atoms with van der Waals surface area (Å²) in [6.45, 7) is 7.01. The number of benzene rings is 1. The van der Waals surface area contributed by atoms with Gasteiger partial charge in [-0.1, -0.05) is 26.0 Å². The smallest absolute Gasteiger partial charge is 0.244 e. The molecule has 0 aromatic heterocycles. The van der Waals surface area contributed by atoms with Crippen molar-refractivity contribution in [2.75, 3.05) is 6.54 Å². The number of carbonyl (C=O) groups is 1. The fourth-order valence-corrected chi connectivity index (χ4v) is 3.13. The zero-order valence-electron chi connectivity index (χ0n) is 12.9. The Morgan fingerprint density at radius 2 is 2.00 bits per heavy atom. The second-order valence-corrected chi connectivity index (χ2v) is 6.71. The van der Waals surface area contributed by atoms with Crippen LogP contribution in [0.1, 0.15) is 45.3 Å². The van der Waals surface area contributed by atoms with Crippen molar-refractivity contribution >= 4 is 5.91 Å². The van der Waals surface area contributed by atoms with Gasteiger partial charge < -0.3 is 4.90 Å². The average molecular weight is 290 g/mol. The van der Waals surface area contributed by atoms with Crippen LogP contribution in [-0.4, -0.2) is 22.9 Å². The highest BCUT2D eigenvalue weighted by Crippen LogP contribution is 2.42. The zero-order valence-corrected chi connectivity index (χ0v) is 12.9. The molecule has 0 spiro atoms. The first-order chi connectivity index (χ1) is 9.94. The van der Waals surface area contributed by atoms with Crippen LogP contribution in [0.4, 0.5) is 4.39 Å². The summed E-state index contributed by atoms with van der Waals surface area (Å²) in [6.07, 6.45) is 1.80. The van der Waals surface area contributed by atoms with E-state index in [-0.39, 0.29) is 17.9 Å². The third kappa shape index (κ3) is 2.57. The van der Waals surface area contributed by atoms with Gasteiger partial charge in [0.25, 0.3) is 0 Å². The molecule has 2 fully saturated rings. The van der Waals surface area contributed by atoms with Crippen molar-refractivity contribution in [1.82, 2.24) is 10.2 Å². The molecule has 1 heterocycles. The lowest BCUT2D eigenvalue weighted by Gasteiger charge is -2.24. The Labute approximate surface area is 125 Å². The number of hydrogen-bond acceptors (Lipinski definition) is 2. The molecule has 21 heavy (non-hydrogen) atoms. The second-order valence-electron chi connectivity index (χ2n) is 6.71. The molecule has 114 valence electrons. The summed E-state index contributed by atoms with van der Waals surface area (Å²) in [4.78, 5) is 14.7. The summed E-state index contributed by atoms with van der Waals surface area (Å²) in [6, 6.07) is 6.46. The number of amides is 1. The summed E-state index contributed by atoms with van der Waals surface area (Å²) in [5, 5.41) is 3.45. The van der Waals surface area contributed by atoms with Crippen LogP contribution in [0.3, 0.4) is 0 Å². The predicted molar refractivity (Wildman–Crippen MR) is 80.0 cm³/mol. The van der Waals surface area contributed by atoms with Gasteiger partial charge in [0, 0.05) is 6.54 Å². The van der Waals surface area contributed by atoms with E-state index in [1.807, 2.05) is 18.7 Å². The zero-order chi connectivity index (χ0) is 15.2. The van der Waals surface area contributed by atoms with Crippen LogP contribution in [0.15, 0.2) is 24.3 Å². The monoisotopic (exact) mass is 290 g/mol. The van der Waals surface area contributed by atoms with Gasteiger partial charge in [0.05, 0.1) is 5.54 Å². The van der Waals surface area contributed by atoms with Gasteiger partial charge in [-0.15, -0.1) is 0 Å². The molecule has 4 heteroatoms. The third-order valence-electron chi connectivity index (χ3n) is 5.10. The number of rotatable bonds is 4. The minimum absolute atomic E-state index is 0.143. The molecule has 1 aromatic rings. The van der Waals surface area contributed by atoms with Crippen molar-refractivity contribution in [1.29, 1.82) is 0 Å². The lowest BCUT2D eigenvalue weighted by atomic mass is 9.99. The van der Waals surface area contributed by atoms with Gasteiger partial charge in [0.2, 0.25) is 5.91 Å². The number of hydrogen-bond donors (Lipinski definition) is 1. The van der Waals surface area contributed by atoms with E-state index in [1.54, 1.807) is 12.1 Å². The molecule has 1 amide bonds. The molecule has 1 aliphatic carbocycles. The molecule has 4 atom stereocenters. The van der Waals surface area contributed by atoms with E-state index < -0.39 is 5.54 Å². The van der Waals surface area contributed by atoms with Crippen molar-refractivity contribution < 1.29 is 9.18 Å². The van der Waals surface area contributed by atoms with Crippen molar-refractivity contribution in [3.05, 3.63) is 35.6 Å². The summed E-state index contributed by atoms with van der Waals surface area (Å²) in [5.74, 6) is 1.24. The Bertz CT molecular complexity index is 544. The summed E-state index contributed by atoms with van der Waals surface area (Å²) < 4.78 is 13.1. The van der Waals surface area contributed by atoms with E-state index in [2.05, 4.69) is 12.2 Å². The highest BCUT2D eigenvalue weighted by molar-refractivity contribution is 5.88. The SMILES string of the molecule is CCC1(C)NC(c2ccc(F)cc2)N(CC2CC2C)C1=O. The minimum atomic E-state index is -0.517. The van der Waals surface area contributed by atoms with Crippen molar-refractivity contribution in [3.8, 4) is 0 Å². The minimum Gasteiger partial charge on any atom is -0.321 e. The summed E-state index contributed by atoms with van der Waals surface area (Å²) in [7, 11) is 0. The molecular formula is C17H23FN2O. The molecule has 3 rings (SSSR count). The van der Waals surface area contributed by atoms with Gasteiger partial charge in [-0.2, -0.15) is 0 Å². The molecular weight excluding hydrogens is 267 g/mol. The van der Waals surface area contributed by atoms with Crippen molar-refractivity contribution in [3.63, 3.8) is 0 Å². The highest BCUT2D eigenvalue weighted by atomic mass is 19.1. The first-order valence-corrected chi connectivity index (χ1v) is 7.79. The summed E-state index contributed by atoms with van der Waals surface area (Å²) in [5.41, 5.74) is 0.437. The molecule has 1 aliphatic heterocycles. The van der Waals surface area contributed by atoms with E-state index in [0.717, 1.165) is 18.5 Å². The van der Waals surface area contributed by atoms with Gasteiger partial charge in [-0.3, -0.25) is 10.1 Å². The largest absolute Gasteiger partial charge is 0.321 e. The average Bonchev–Trinajstić information content (AvgIpc) is 3.11. The molecule has 0 radical (unpaired) electrons. The quantitative estimate of drug-likeness (QED) is 0.924. The molecule has 1 N–H and O–H groups in total. The topological polar surface area (TPSA) is 32.3 Å². The molecule has 1 saturated carbocycles. The number of nitrogens with one attached hydrogen (secondary N) is 1. The van der Waals surface area contributed by atoms with Crippen LogP contribution >= 0.6 is 0 Å². The van der Waals surface area contributed by atoms with E-state index in [4.69, 9.17) is 0 Å².